The van der Waals surface area contributed by atoms with Crippen molar-refractivity contribution in [2.45, 2.75) is 19.3 Å². The molecule has 5 aromatic rings. The van der Waals surface area contributed by atoms with Crippen LogP contribution in [-0.2, 0) is 11.2 Å². The molecule has 3 heterocycles. The van der Waals surface area contributed by atoms with E-state index in [2.05, 4.69) is 25.4 Å². The van der Waals surface area contributed by atoms with Crippen molar-refractivity contribution in [3.8, 4) is 23.0 Å². The molecule has 0 aliphatic carbocycles. The number of carbonyl (C=O) groups is 1. The molecule has 1 amide bonds. The van der Waals surface area contributed by atoms with Gasteiger partial charge in [-0.15, -0.1) is 0 Å². The fraction of sp³-hybridized carbons (Fsp3) is 0.160. The van der Waals surface area contributed by atoms with E-state index in [1.54, 1.807) is 19.6 Å². The number of methoxy groups -OCH3 is 1. The van der Waals surface area contributed by atoms with Crippen LogP contribution in [0.2, 0.25) is 0 Å². The lowest BCUT2D eigenvalue weighted by Gasteiger charge is -2.07. The van der Waals surface area contributed by atoms with E-state index in [9.17, 15) is 4.79 Å². The average molecular weight is 454 g/mol. The highest BCUT2D eigenvalue weighted by Crippen LogP contribution is 2.21. The third kappa shape index (κ3) is 4.63. The first kappa shape index (κ1) is 21.3. The van der Waals surface area contributed by atoms with Crippen molar-refractivity contribution in [2.75, 3.05) is 12.4 Å². The normalized spacial score (nSPS) is 11.0. The van der Waals surface area contributed by atoms with Gasteiger partial charge in [-0.25, -0.2) is 9.97 Å². The van der Waals surface area contributed by atoms with Crippen LogP contribution in [0.25, 0.3) is 28.2 Å². The number of aryl methyl sites for hydroxylation is 1. The summed E-state index contributed by atoms with van der Waals surface area (Å²) in [6.45, 7) is 0. The van der Waals surface area contributed by atoms with Gasteiger partial charge in [0.15, 0.2) is 0 Å². The molecule has 0 bridgehead atoms. The molecule has 2 aromatic carbocycles. The monoisotopic (exact) mass is 454 g/mol. The maximum Gasteiger partial charge on any atom is 0.226 e. The first-order chi connectivity index (χ1) is 16.7. The number of pyridine rings is 1. The van der Waals surface area contributed by atoms with E-state index in [1.807, 2.05) is 65.2 Å². The third-order valence-corrected chi connectivity index (χ3v) is 5.34. The maximum absolute atomic E-state index is 12.3. The molecular weight excluding hydrogens is 432 g/mol. The zero-order chi connectivity index (χ0) is 23.3. The number of imidazole rings is 1. The minimum atomic E-state index is -0.0995. The first-order valence-corrected chi connectivity index (χ1v) is 10.8. The van der Waals surface area contributed by atoms with Gasteiger partial charge in [0, 0.05) is 18.4 Å². The molecule has 34 heavy (non-hydrogen) atoms. The van der Waals surface area contributed by atoms with Crippen LogP contribution in [0.15, 0.2) is 77.7 Å². The summed E-state index contributed by atoms with van der Waals surface area (Å²) >= 11 is 0. The summed E-state index contributed by atoms with van der Waals surface area (Å²) in [7, 11) is 1.62. The summed E-state index contributed by atoms with van der Waals surface area (Å²) in [5, 5.41) is 6.89. The first-order valence-electron chi connectivity index (χ1n) is 10.8. The summed E-state index contributed by atoms with van der Waals surface area (Å²) in [5.74, 6) is 2.41. The number of anilines is 1. The molecule has 0 unspecified atom stereocenters. The molecule has 0 atom stereocenters. The van der Waals surface area contributed by atoms with Gasteiger partial charge in [0.05, 0.1) is 30.0 Å². The summed E-state index contributed by atoms with van der Waals surface area (Å²) in [4.78, 5) is 25.6. The van der Waals surface area contributed by atoms with Gasteiger partial charge in [-0.1, -0.05) is 17.3 Å². The lowest BCUT2D eigenvalue weighted by Crippen LogP contribution is -2.12. The van der Waals surface area contributed by atoms with Crippen LogP contribution in [0, 0.1) is 0 Å². The SMILES string of the molecule is COc1ccc(-c2noc(CCCC(=O)Nc3ccc(-n4cnc5ccccc54)nc3)n2)cc1. The van der Waals surface area contributed by atoms with Crippen molar-refractivity contribution in [3.63, 3.8) is 0 Å². The van der Waals surface area contributed by atoms with Gasteiger partial charge < -0.3 is 14.6 Å². The molecule has 1 N–H and O–H groups in total. The number of nitrogens with one attached hydrogen (secondary N) is 1. The number of hydrogen-bond acceptors (Lipinski definition) is 7. The van der Waals surface area contributed by atoms with Crippen LogP contribution in [0.3, 0.4) is 0 Å². The Bertz CT molecular complexity index is 1410. The second kappa shape index (κ2) is 9.53. The van der Waals surface area contributed by atoms with Gasteiger partial charge in [0.25, 0.3) is 0 Å². The van der Waals surface area contributed by atoms with E-state index in [0.29, 0.717) is 36.7 Å². The van der Waals surface area contributed by atoms with E-state index in [4.69, 9.17) is 9.26 Å². The maximum atomic E-state index is 12.3. The number of para-hydroxylation sites is 2. The fourth-order valence-electron chi connectivity index (χ4n) is 3.58. The Balaban J connectivity index is 1.13. The Labute approximate surface area is 195 Å². The van der Waals surface area contributed by atoms with E-state index in [1.165, 1.54) is 0 Å². The summed E-state index contributed by atoms with van der Waals surface area (Å²) in [5.41, 5.74) is 3.35. The van der Waals surface area contributed by atoms with Crippen LogP contribution in [-0.4, -0.2) is 37.7 Å². The number of aromatic nitrogens is 5. The number of fused-ring (bicyclic) bond motifs is 1. The second-order valence-corrected chi connectivity index (χ2v) is 7.65. The van der Waals surface area contributed by atoms with Crippen molar-refractivity contribution in [2.24, 2.45) is 0 Å². The molecule has 9 nitrogen and oxygen atoms in total. The quantitative estimate of drug-likeness (QED) is 0.369. The van der Waals surface area contributed by atoms with Crippen molar-refractivity contribution < 1.29 is 14.1 Å². The number of carbonyl (C=O) groups excluding carboxylic acids is 1. The standard InChI is InChI=1S/C25H22N6O3/c1-33-19-12-9-17(10-13-19)25-29-24(34-30-25)8-4-7-23(32)28-18-11-14-22(26-15-18)31-16-27-20-5-2-3-6-21(20)31/h2-3,5-6,9-16H,4,7-8H2,1H3,(H,28,32). The van der Waals surface area contributed by atoms with Crippen LogP contribution >= 0.6 is 0 Å². The van der Waals surface area contributed by atoms with Crippen molar-refractivity contribution in [3.05, 3.63) is 79.1 Å². The Morgan fingerprint density at radius 1 is 1.06 bits per heavy atom. The number of hydrogen-bond donors (Lipinski definition) is 1. The molecule has 0 aliphatic heterocycles. The highest BCUT2D eigenvalue weighted by molar-refractivity contribution is 5.90. The molecular formula is C25H22N6O3. The number of nitrogens with zero attached hydrogens (tertiary/aromatic N) is 5. The Hall–Kier alpha value is -4.53. The van der Waals surface area contributed by atoms with E-state index < -0.39 is 0 Å². The number of amides is 1. The van der Waals surface area contributed by atoms with Crippen LogP contribution in [0.5, 0.6) is 5.75 Å². The number of benzene rings is 2. The summed E-state index contributed by atoms with van der Waals surface area (Å²) < 4.78 is 12.4. The lowest BCUT2D eigenvalue weighted by molar-refractivity contribution is -0.116. The van der Waals surface area contributed by atoms with Gasteiger partial charge in [-0.2, -0.15) is 4.98 Å². The predicted molar refractivity (Wildman–Crippen MR) is 127 cm³/mol. The topological polar surface area (TPSA) is 108 Å². The Morgan fingerprint density at radius 2 is 1.91 bits per heavy atom. The van der Waals surface area contributed by atoms with E-state index in [0.717, 1.165) is 28.2 Å². The predicted octanol–water partition coefficient (Wildman–Crippen LogP) is 4.44. The zero-order valence-corrected chi connectivity index (χ0v) is 18.5. The van der Waals surface area contributed by atoms with Gasteiger partial charge in [-0.05, 0) is 55.0 Å². The molecule has 0 saturated carbocycles. The Morgan fingerprint density at radius 3 is 2.71 bits per heavy atom. The fourth-order valence-corrected chi connectivity index (χ4v) is 3.58. The summed E-state index contributed by atoms with van der Waals surface area (Å²) in [6.07, 6.45) is 4.81. The Kier molecular flexibility index (Phi) is 5.98. The minimum Gasteiger partial charge on any atom is -0.497 e. The highest BCUT2D eigenvalue weighted by Gasteiger charge is 2.11. The molecule has 9 heteroatoms. The largest absolute Gasteiger partial charge is 0.497 e. The van der Waals surface area contributed by atoms with Gasteiger partial charge in [-0.3, -0.25) is 9.36 Å². The zero-order valence-electron chi connectivity index (χ0n) is 18.5. The van der Waals surface area contributed by atoms with Crippen molar-refractivity contribution >= 4 is 22.6 Å². The molecule has 0 spiro atoms. The molecule has 170 valence electrons. The van der Waals surface area contributed by atoms with E-state index in [-0.39, 0.29) is 5.91 Å². The van der Waals surface area contributed by atoms with Crippen LogP contribution < -0.4 is 10.1 Å². The smallest absolute Gasteiger partial charge is 0.226 e. The number of rotatable bonds is 8. The second-order valence-electron chi connectivity index (χ2n) is 7.65. The number of ether oxygens (including phenoxy) is 1. The van der Waals surface area contributed by atoms with Crippen LogP contribution in [0.4, 0.5) is 5.69 Å². The molecule has 0 saturated heterocycles. The van der Waals surface area contributed by atoms with E-state index >= 15 is 0 Å². The van der Waals surface area contributed by atoms with Crippen LogP contribution in [0.1, 0.15) is 18.7 Å². The molecule has 3 aromatic heterocycles. The highest BCUT2D eigenvalue weighted by atomic mass is 16.5. The third-order valence-electron chi connectivity index (χ3n) is 5.34. The lowest BCUT2D eigenvalue weighted by atomic mass is 10.2. The molecule has 5 rings (SSSR count). The molecule has 0 radical (unpaired) electrons. The van der Waals surface area contributed by atoms with Gasteiger partial charge in [0.2, 0.25) is 17.6 Å². The van der Waals surface area contributed by atoms with Gasteiger partial charge >= 0.3 is 0 Å². The average Bonchev–Trinajstić information content (AvgIpc) is 3.52. The summed E-state index contributed by atoms with van der Waals surface area (Å²) in [6, 6.07) is 19.0. The van der Waals surface area contributed by atoms with Crippen molar-refractivity contribution in [1.29, 1.82) is 0 Å². The minimum absolute atomic E-state index is 0.0995. The molecule has 0 fully saturated rings. The van der Waals surface area contributed by atoms with Gasteiger partial charge in [0.1, 0.15) is 17.9 Å². The van der Waals surface area contributed by atoms with Crippen molar-refractivity contribution in [1.82, 2.24) is 24.7 Å². The molecule has 0 aliphatic rings.